The number of aromatic carboxylic acids is 1. The van der Waals surface area contributed by atoms with Gasteiger partial charge in [0, 0.05) is 0 Å². The van der Waals surface area contributed by atoms with Crippen molar-refractivity contribution in [3.63, 3.8) is 0 Å². The Bertz CT molecular complexity index is 521. The smallest absolute Gasteiger partial charge is 0.345 e. The van der Waals surface area contributed by atoms with Crippen molar-refractivity contribution in [1.29, 1.82) is 0 Å². The Balaban J connectivity index is 2.21. The molecule has 0 bridgehead atoms. The van der Waals surface area contributed by atoms with Crippen LogP contribution in [-0.4, -0.2) is 11.1 Å². The van der Waals surface area contributed by atoms with Crippen LogP contribution in [0.25, 0.3) is 0 Å². The van der Waals surface area contributed by atoms with Gasteiger partial charge in [-0.05, 0) is 40.2 Å². The summed E-state index contributed by atoms with van der Waals surface area (Å²) in [4.78, 5) is 10.9. The summed E-state index contributed by atoms with van der Waals surface area (Å²) >= 11 is 4.45. The third-order valence-electron chi connectivity index (χ3n) is 1.84. The molecule has 0 fully saturated rings. The molecule has 0 amide bonds. The second-order valence-electron chi connectivity index (χ2n) is 2.96. The molecule has 1 heterocycles. The first-order valence-electron chi connectivity index (χ1n) is 4.42. The van der Waals surface area contributed by atoms with Gasteiger partial charge >= 0.3 is 5.97 Å². The largest absolute Gasteiger partial charge is 0.477 e. The number of hydrogen-bond acceptors (Lipinski definition) is 3. The Morgan fingerprint density at radius 3 is 2.62 bits per heavy atom. The molecular weight excluding hydrogens is 292 g/mol. The quantitative estimate of drug-likeness (QED) is 0.931. The van der Waals surface area contributed by atoms with Crippen LogP contribution in [0, 0.1) is 0 Å². The topological polar surface area (TPSA) is 46.5 Å². The standard InChI is InChI=1S/C11H7BrO3S/c12-7-3-1-2-4-8(7)15-10-6-5-9(16-10)11(13)14/h1-6H,(H,13,14). The summed E-state index contributed by atoms with van der Waals surface area (Å²) < 4.78 is 6.38. The second kappa shape index (κ2) is 4.67. The van der Waals surface area contributed by atoms with Crippen molar-refractivity contribution >= 4 is 33.2 Å². The summed E-state index contributed by atoms with van der Waals surface area (Å²) in [6.07, 6.45) is 0. The number of thiophene rings is 1. The Hall–Kier alpha value is -1.33. The van der Waals surface area contributed by atoms with Crippen molar-refractivity contribution in [1.82, 2.24) is 0 Å². The van der Waals surface area contributed by atoms with Crippen molar-refractivity contribution in [2.75, 3.05) is 0 Å². The highest BCUT2D eigenvalue weighted by Gasteiger charge is 2.09. The molecule has 1 aromatic heterocycles. The first-order valence-corrected chi connectivity index (χ1v) is 6.03. The molecule has 5 heteroatoms. The molecule has 2 aromatic rings. The van der Waals surface area contributed by atoms with Gasteiger partial charge in [-0.1, -0.05) is 23.5 Å². The Morgan fingerprint density at radius 1 is 1.25 bits per heavy atom. The third kappa shape index (κ3) is 2.43. The number of halogens is 1. The highest BCUT2D eigenvalue weighted by molar-refractivity contribution is 9.10. The zero-order valence-corrected chi connectivity index (χ0v) is 10.4. The number of hydrogen-bond donors (Lipinski definition) is 1. The zero-order chi connectivity index (χ0) is 11.5. The molecule has 0 saturated heterocycles. The van der Waals surface area contributed by atoms with Crippen molar-refractivity contribution in [3.05, 3.63) is 45.7 Å². The minimum atomic E-state index is -0.938. The third-order valence-corrected chi connectivity index (χ3v) is 3.45. The van der Waals surface area contributed by atoms with Crippen LogP contribution in [0.3, 0.4) is 0 Å². The van der Waals surface area contributed by atoms with Crippen LogP contribution in [0.4, 0.5) is 0 Å². The van der Waals surface area contributed by atoms with E-state index >= 15 is 0 Å². The van der Waals surface area contributed by atoms with Crippen LogP contribution < -0.4 is 4.74 Å². The molecular formula is C11H7BrO3S. The SMILES string of the molecule is O=C(O)c1ccc(Oc2ccccc2Br)s1. The van der Waals surface area contributed by atoms with E-state index in [-0.39, 0.29) is 4.88 Å². The van der Waals surface area contributed by atoms with E-state index in [9.17, 15) is 4.79 Å². The van der Waals surface area contributed by atoms with Gasteiger partial charge in [-0.15, -0.1) is 0 Å². The summed E-state index contributed by atoms with van der Waals surface area (Å²) in [5.74, 6) is -0.270. The number of rotatable bonds is 3. The van der Waals surface area contributed by atoms with Gasteiger partial charge in [0.15, 0.2) is 5.06 Å². The lowest BCUT2D eigenvalue weighted by Gasteiger charge is -2.03. The predicted octanol–water partition coefficient (Wildman–Crippen LogP) is 4.00. The van der Waals surface area contributed by atoms with Crippen LogP contribution in [0.1, 0.15) is 9.67 Å². The van der Waals surface area contributed by atoms with E-state index in [1.807, 2.05) is 24.3 Å². The molecule has 0 aliphatic heterocycles. The molecule has 2 rings (SSSR count). The highest BCUT2D eigenvalue weighted by Crippen LogP contribution is 2.33. The maximum atomic E-state index is 10.7. The van der Waals surface area contributed by atoms with Crippen LogP contribution in [0.5, 0.6) is 10.8 Å². The van der Waals surface area contributed by atoms with Crippen molar-refractivity contribution in [2.45, 2.75) is 0 Å². The lowest BCUT2D eigenvalue weighted by molar-refractivity contribution is 0.0702. The van der Waals surface area contributed by atoms with Crippen molar-refractivity contribution in [3.8, 4) is 10.8 Å². The van der Waals surface area contributed by atoms with E-state index in [2.05, 4.69) is 15.9 Å². The normalized spacial score (nSPS) is 10.1. The van der Waals surface area contributed by atoms with Crippen LogP contribution in [0.15, 0.2) is 40.9 Å². The number of carboxylic acid groups (broad SMARTS) is 1. The molecule has 0 aliphatic carbocycles. The fourth-order valence-corrected chi connectivity index (χ4v) is 2.20. The first kappa shape index (κ1) is 11.2. The number of carbonyl (C=O) groups is 1. The molecule has 0 saturated carbocycles. The summed E-state index contributed by atoms with van der Waals surface area (Å²) in [6, 6.07) is 10.6. The van der Waals surface area contributed by atoms with Gasteiger partial charge in [0.05, 0.1) is 4.47 Å². The van der Waals surface area contributed by atoms with Gasteiger partial charge < -0.3 is 9.84 Å². The molecule has 82 valence electrons. The van der Waals surface area contributed by atoms with Crippen LogP contribution in [-0.2, 0) is 0 Å². The lowest BCUT2D eigenvalue weighted by atomic mass is 10.3. The molecule has 3 nitrogen and oxygen atoms in total. The van der Waals surface area contributed by atoms with Crippen LogP contribution in [0.2, 0.25) is 0 Å². The van der Waals surface area contributed by atoms with E-state index in [0.717, 1.165) is 15.8 Å². The molecule has 1 aromatic carbocycles. The maximum Gasteiger partial charge on any atom is 0.345 e. The Labute approximate surface area is 104 Å². The number of benzene rings is 1. The van der Waals surface area contributed by atoms with E-state index in [4.69, 9.17) is 9.84 Å². The molecule has 16 heavy (non-hydrogen) atoms. The van der Waals surface area contributed by atoms with Gasteiger partial charge in [0.2, 0.25) is 0 Å². The summed E-state index contributed by atoms with van der Waals surface area (Å²) in [5.41, 5.74) is 0. The minimum absolute atomic E-state index is 0.266. The molecule has 0 unspecified atom stereocenters. The van der Waals surface area contributed by atoms with E-state index in [1.165, 1.54) is 6.07 Å². The van der Waals surface area contributed by atoms with Crippen molar-refractivity contribution in [2.24, 2.45) is 0 Å². The van der Waals surface area contributed by atoms with E-state index in [0.29, 0.717) is 10.8 Å². The summed E-state index contributed by atoms with van der Waals surface area (Å²) in [5, 5.41) is 9.32. The number of para-hydroxylation sites is 1. The van der Waals surface area contributed by atoms with E-state index < -0.39 is 5.97 Å². The average Bonchev–Trinajstić information content (AvgIpc) is 2.70. The fraction of sp³-hybridized carbons (Fsp3) is 0. The highest BCUT2D eigenvalue weighted by atomic mass is 79.9. The molecule has 0 radical (unpaired) electrons. The number of carboxylic acids is 1. The van der Waals surface area contributed by atoms with E-state index in [1.54, 1.807) is 6.07 Å². The molecule has 1 N–H and O–H groups in total. The zero-order valence-electron chi connectivity index (χ0n) is 8.01. The molecule has 0 atom stereocenters. The first-order chi connectivity index (χ1) is 7.66. The summed E-state index contributed by atoms with van der Waals surface area (Å²) in [7, 11) is 0. The van der Waals surface area contributed by atoms with Gasteiger partial charge in [0.1, 0.15) is 10.6 Å². The Kier molecular flexibility index (Phi) is 3.26. The predicted molar refractivity (Wildman–Crippen MR) is 65.5 cm³/mol. The van der Waals surface area contributed by atoms with Gasteiger partial charge in [-0.2, -0.15) is 0 Å². The Morgan fingerprint density at radius 2 is 2.00 bits per heavy atom. The molecule has 0 aliphatic rings. The summed E-state index contributed by atoms with van der Waals surface area (Å²) in [6.45, 7) is 0. The van der Waals surface area contributed by atoms with Gasteiger partial charge in [-0.25, -0.2) is 4.79 Å². The number of ether oxygens (including phenoxy) is 1. The second-order valence-corrected chi connectivity index (χ2v) is 4.86. The molecule has 0 spiro atoms. The average molecular weight is 299 g/mol. The minimum Gasteiger partial charge on any atom is -0.477 e. The monoisotopic (exact) mass is 298 g/mol. The fourth-order valence-electron chi connectivity index (χ4n) is 1.13. The van der Waals surface area contributed by atoms with Crippen LogP contribution >= 0.6 is 27.3 Å². The van der Waals surface area contributed by atoms with Gasteiger partial charge in [-0.3, -0.25) is 0 Å². The van der Waals surface area contributed by atoms with Gasteiger partial charge in [0.25, 0.3) is 0 Å². The van der Waals surface area contributed by atoms with Crippen molar-refractivity contribution < 1.29 is 14.6 Å². The maximum absolute atomic E-state index is 10.7. The lowest BCUT2D eigenvalue weighted by Crippen LogP contribution is -1.89.